The van der Waals surface area contributed by atoms with Crippen LogP contribution in [0.2, 0.25) is 0 Å². The first-order valence-corrected chi connectivity index (χ1v) is 7.92. The summed E-state index contributed by atoms with van der Waals surface area (Å²) in [6.07, 6.45) is 0. The Morgan fingerprint density at radius 3 is 2.11 bits per heavy atom. The van der Waals surface area contributed by atoms with Crippen molar-refractivity contribution in [2.24, 2.45) is 0 Å². The second kappa shape index (κ2) is 5.02. The number of methoxy groups -OCH3 is 1. The molecule has 0 aliphatic heterocycles. The fraction of sp³-hybridized carbons (Fsp3) is 0.143. The van der Waals surface area contributed by atoms with Crippen LogP contribution in [0.15, 0.2) is 20.3 Å². The third kappa shape index (κ3) is 3.01. The highest BCUT2D eigenvalue weighted by atomic mass is 79.9. The van der Waals surface area contributed by atoms with E-state index in [4.69, 9.17) is 14.5 Å². The minimum Gasteiger partial charge on any atom is -0.494 e. The van der Waals surface area contributed by atoms with E-state index >= 15 is 0 Å². The van der Waals surface area contributed by atoms with Crippen LogP contribution in [-0.4, -0.2) is 33.1 Å². The minimum absolute atomic E-state index is 0.447. The minimum atomic E-state index is -4.86. The van der Waals surface area contributed by atoms with Crippen LogP contribution in [-0.2, 0) is 20.2 Å². The lowest BCUT2D eigenvalue weighted by Crippen LogP contribution is -2.07. The van der Waals surface area contributed by atoms with Gasteiger partial charge in [0.05, 0.1) is 17.6 Å². The van der Waals surface area contributed by atoms with Gasteiger partial charge in [-0.25, -0.2) is 0 Å². The van der Waals surface area contributed by atoms with Gasteiger partial charge in [0.1, 0.15) is 4.90 Å². The van der Waals surface area contributed by atoms with Crippen molar-refractivity contribution in [1.82, 2.24) is 0 Å². The average molecular weight is 374 g/mol. The summed E-state index contributed by atoms with van der Waals surface area (Å²) in [5.74, 6) is -0.634. The summed E-state index contributed by atoms with van der Waals surface area (Å²) in [6, 6.07) is 0.547. The lowest BCUT2D eigenvalue weighted by Gasteiger charge is -2.08. The molecule has 2 N–H and O–H groups in total. The van der Waals surface area contributed by atoms with Gasteiger partial charge in [0, 0.05) is 0 Å². The lowest BCUT2D eigenvalue weighted by atomic mass is 10.3. The molecule has 0 atom stereocenters. The molecule has 104 valence electrons. The molecule has 0 saturated carbocycles. The molecule has 9 nitrogen and oxygen atoms in total. The maximum Gasteiger partial charge on any atom is 0.411 e. The number of nitrogens with zero attached hydrogens (tertiary/aromatic N) is 2. The molecule has 0 spiro atoms. The smallest absolute Gasteiger partial charge is 0.411 e. The zero-order chi connectivity index (χ0) is 15.0. The van der Waals surface area contributed by atoms with Crippen molar-refractivity contribution in [3.05, 3.63) is 15.5 Å². The maximum atomic E-state index is 11.2. The predicted octanol–water partition coefficient (Wildman–Crippen LogP) is 1.44. The number of benzene rings is 1. The SMILES string of the molecule is COc1c(Br)c(S(=O)(=O)O)cc([N+]#N)c1S(=O)(=O)O. The molecule has 1 rings (SSSR count). The molecule has 19 heavy (non-hydrogen) atoms. The fourth-order valence-electron chi connectivity index (χ4n) is 1.27. The van der Waals surface area contributed by atoms with Crippen molar-refractivity contribution in [3.8, 4) is 5.75 Å². The highest BCUT2D eigenvalue weighted by molar-refractivity contribution is 9.10. The van der Waals surface area contributed by atoms with Gasteiger partial charge in [0.15, 0.2) is 10.7 Å². The van der Waals surface area contributed by atoms with Crippen molar-refractivity contribution < 1.29 is 30.7 Å². The summed E-state index contributed by atoms with van der Waals surface area (Å²) < 4.78 is 66.7. The lowest BCUT2D eigenvalue weighted by molar-refractivity contribution is 0.393. The van der Waals surface area contributed by atoms with Gasteiger partial charge in [-0.1, -0.05) is 0 Å². The van der Waals surface area contributed by atoms with Crippen molar-refractivity contribution >= 4 is 41.9 Å². The Bertz CT molecular complexity index is 779. The van der Waals surface area contributed by atoms with Gasteiger partial charge in [-0.3, -0.25) is 9.11 Å². The molecule has 1 aromatic carbocycles. The maximum absolute atomic E-state index is 11.2. The molecule has 0 amide bonds. The predicted molar refractivity (Wildman–Crippen MR) is 65.1 cm³/mol. The molecule has 0 bridgehead atoms. The molecule has 0 aliphatic carbocycles. The van der Waals surface area contributed by atoms with Crippen LogP contribution in [0.5, 0.6) is 5.75 Å². The van der Waals surface area contributed by atoms with Crippen LogP contribution >= 0.6 is 15.9 Å². The number of hydrogen-bond acceptors (Lipinski definition) is 6. The molecule has 0 radical (unpaired) electrons. The molecule has 1 aromatic rings. The van der Waals surface area contributed by atoms with E-state index in [-0.39, 0.29) is 0 Å². The van der Waals surface area contributed by atoms with E-state index in [1.165, 1.54) is 0 Å². The Morgan fingerprint density at radius 2 is 1.79 bits per heavy atom. The summed E-state index contributed by atoms with van der Waals surface area (Å²) in [6.45, 7) is 0. The van der Waals surface area contributed by atoms with Crippen LogP contribution in [0.4, 0.5) is 5.69 Å². The van der Waals surface area contributed by atoms with Crippen molar-refractivity contribution in [2.45, 2.75) is 9.79 Å². The van der Waals surface area contributed by atoms with Gasteiger partial charge < -0.3 is 4.74 Å². The van der Waals surface area contributed by atoms with E-state index in [0.717, 1.165) is 7.11 Å². The van der Waals surface area contributed by atoms with E-state index in [1.807, 2.05) is 0 Å². The first-order chi connectivity index (χ1) is 8.54. The highest BCUT2D eigenvalue weighted by Crippen LogP contribution is 2.43. The Labute approximate surface area is 116 Å². The van der Waals surface area contributed by atoms with Crippen LogP contribution in [0, 0.1) is 5.39 Å². The van der Waals surface area contributed by atoms with E-state index in [9.17, 15) is 16.8 Å². The van der Waals surface area contributed by atoms with Crippen molar-refractivity contribution in [2.75, 3.05) is 7.11 Å². The number of hydrogen-bond donors (Lipinski definition) is 2. The largest absolute Gasteiger partial charge is 0.494 e. The summed E-state index contributed by atoms with van der Waals surface area (Å²) in [5, 5.41) is 8.68. The second-order valence-corrected chi connectivity index (χ2v) is 6.66. The second-order valence-electron chi connectivity index (χ2n) is 3.12. The average Bonchev–Trinajstić information content (AvgIpc) is 2.25. The molecular weight excluding hydrogens is 368 g/mol. The summed E-state index contributed by atoms with van der Waals surface area (Å²) in [4.78, 5) is 0.810. The van der Waals surface area contributed by atoms with Gasteiger partial charge >= 0.3 is 15.8 Å². The topological polar surface area (TPSA) is 146 Å². The van der Waals surface area contributed by atoms with Crippen molar-refractivity contribution in [3.63, 3.8) is 0 Å². The van der Waals surface area contributed by atoms with Crippen LogP contribution in [0.3, 0.4) is 0 Å². The first kappa shape index (κ1) is 15.8. The quantitative estimate of drug-likeness (QED) is 0.597. The first-order valence-electron chi connectivity index (χ1n) is 4.24. The van der Waals surface area contributed by atoms with Crippen LogP contribution in [0.1, 0.15) is 0 Å². The van der Waals surface area contributed by atoms with E-state index in [1.54, 1.807) is 0 Å². The zero-order valence-electron chi connectivity index (χ0n) is 9.10. The van der Waals surface area contributed by atoms with Crippen molar-refractivity contribution in [1.29, 1.82) is 5.39 Å². The third-order valence-electron chi connectivity index (χ3n) is 1.97. The standard InChI is InChI=1S/C7H5BrN2O7S2/c1-17-6-5(8)4(18(11,12)13)2-3(10-9)7(6)19(14,15)16/h2H,1H3,(H-,11,12,13,14,15,16)/p+1. The highest BCUT2D eigenvalue weighted by Gasteiger charge is 2.36. The molecule has 0 heterocycles. The molecule has 0 aromatic heterocycles. The fourth-order valence-corrected chi connectivity index (χ4v) is 3.86. The van der Waals surface area contributed by atoms with E-state index < -0.39 is 45.9 Å². The van der Waals surface area contributed by atoms with Gasteiger partial charge in [0.25, 0.3) is 10.1 Å². The van der Waals surface area contributed by atoms with Gasteiger partial charge in [0.2, 0.25) is 10.3 Å². The number of rotatable bonds is 3. The van der Waals surface area contributed by atoms with E-state index in [2.05, 4.69) is 25.6 Å². The number of halogens is 1. The summed E-state index contributed by atoms with van der Waals surface area (Å²) in [7, 11) is -8.60. The van der Waals surface area contributed by atoms with Gasteiger partial charge in [-0.15, -0.1) is 0 Å². The number of diazo groups is 1. The van der Waals surface area contributed by atoms with Gasteiger partial charge in [-0.2, -0.15) is 16.8 Å². The third-order valence-corrected chi connectivity index (χ3v) is 4.81. The van der Waals surface area contributed by atoms with Crippen LogP contribution < -0.4 is 4.74 Å². The monoisotopic (exact) mass is 373 g/mol. The molecule has 0 saturated heterocycles. The summed E-state index contributed by atoms with van der Waals surface area (Å²) in [5.41, 5.74) is -0.810. The Hall–Kier alpha value is -1.26. The Morgan fingerprint density at radius 1 is 1.26 bits per heavy atom. The summed E-state index contributed by atoms with van der Waals surface area (Å²) >= 11 is 2.72. The van der Waals surface area contributed by atoms with Crippen LogP contribution in [0.25, 0.3) is 4.98 Å². The molecule has 0 aliphatic rings. The van der Waals surface area contributed by atoms with Gasteiger partial charge in [-0.05, 0) is 15.9 Å². The molecule has 0 unspecified atom stereocenters. The van der Waals surface area contributed by atoms with E-state index in [0.29, 0.717) is 6.07 Å². The zero-order valence-corrected chi connectivity index (χ0v) is 12.3. The Balaban J connectivity index is 4.02. The normalized spacial score (nSPS) is 11.9. The number of ether oxygens (including phenoxy) is 1. The Kier molecular flexibility index (Phi) is 4.17. The molecular formula is C7H6BrN2O7S2+. The molecule has 0 fully saturated rings. The molecule has 12 heteroatoms.